The molecule has 4 heteroatoms. The maximum Gasteiger partial charge on any atom is 0.0702 e. The van der Waals surface area contributed by atoms with Crippen molar-refractivity contribution in [2.24, 2.45) is 0 Å². The van der Waals surface area contributed by atoms with Gasteiger partial charge in [0.1, 0.15) is 0 Å². The molecule has 0 atom stereocenters. The first-order chi connectivity index (χ1) is 5.15. The normalized spacial score (nSPS) is 10.1. The Labute approximate surface area is 83.5 Å². The maximum atomic E-state index is 8.83. The molecule has 0 saturated carbocycles. The molecule has 0 saturated heterocycles. The van der Waals surface area contributed by atoms with Gasteiger partial charge in [0.15, 0.2) is 0 Å². The van der Waals surface area contributed by atoms with Gasteiger partial charge in [0.05, 0.1) is 17.3 Å². The molecule has 0 fully saturated rings. The molecule has 1 aromatic carbocycles. The molecule has 0 radical (unpaired) electrons. The van der Waals surface area contributed by atoms with Crippen molar-refractivity contribution in [1.29, 1.82) is 0 Å². The van der Waals surface area contributed by atoms with Crippen molar-refractivity contribution >= 4 is 39.9 Å². The number of nitrogen functional groups attached to an aromatic ring is 1. The summed E-state index contributed by atoms with van der Waals surface area (Å²) in [5.74, 6) is 0. The van der Waals surface area contributed by atoms with Gasteiger partial charge in [-0.2, -0.15) is 0 Å². The van der Waals surface area contributed by atoms with Gasteiger partial charge in [-0.1, -0.05) is 11.6 Å². The van der Waals surface area contributed by atoms with E-state index in [0.29, 0.717) is 16.3 Å². The van der Waals surface area contributed by atoms with E-state index in [0.717, 1.165) is 3.57 Å². The summed E-state index contributed by atoms with van der Waals surface area (Å²) >= 11 is 7.88. The Hall–Kier alpha value is -0.0000000000000000763. The fraction of sp³-hybridized carbons (Fsp3) is 0.143. The molecular formula is C7H7ClINO. The zero-order valence-corrected chi connectivity index (χ0v) is 8.56. The van der Waals surface area contributed by atoms with Gasteiger partial charge < -0.3 is 10.8 Å². The Morgan fingerprint density at radius 1 is 1.55 bits per heavy atom. The third kappa shape index (κ3) is 1.98. The monoisotopic (exact) mass is 283 g/mol. The molecule has 0 spiro atoms. The number of aliphatic hydroxyl groups is 1. The minimum atomic E-state index is -0.0671. The molecule has 1 aromatic rings. The zero-order valence-electron chi connectivity index (χ0n) is 5.64. The summed E-state index contributed by atoms with van der Waals surface area (Å²) in [5.41, 5.74) is 6.72. The Morgan fingerprint density at radius 3 is 2.73 bits per heavy atom. The molecule has 11 heavy (non-hydrogen) atoms. The average molecular weight is 283 g/mol. The van der Waals surface area contributed by atoms with Crippen LogP contribution in [-0.2, 0) is 6.61 Å². The fourth-order valence-electron chi connectivity index (χ4n) is 0.769. The summed E-state index contributed by atoms with van der Waals surface area (Å²) in [4.78, 5) is 0. The average Bonchev–Trinajstić information content (AvgIpc) is 1.96. The lowest BCUT2D eigenvalue weighted by Gasteiger charge is -2.04. The van der Waals surface area contributed by atoms with Crippen LogP contribution in [0.25, 0.3) is 0 Å². The van der Waals surface area contributed by atoms with Crippen LogP contribution in [0.4, 0.5) is 5.69 Å². The summed E-state index contributed by atoms with van der Waals surface area (Å²) in [6, 6.07) is 3.57. The molecule has 0 amide bonds. The van der Waals surface area contributed by atoms with Crippen LogP contribution in [0.1, 0.15) is 5.56 Å². The summed E-state index contributed by atoms with van der Waals surface area (Å²) < 4.78 is 0.978. The second-order valence-electron chi connectivity index (χ2n) is 2.12. The lowest BCUT2D eigenvalue weighted by molar-refractivity contribution is 0.282. The van der Waals surface area contributed by atoms with Crippen LogP contribution < -0.4 is 5.73 Å². The molecular weight excluding hydrogens is 276 g/mol. The Balaban J connectivity index is 3.24. The van der Waals surface area contributed by atoms with E-state index in [1.54, 1.807) is 6.07 Å². The largest absolute Gasteiger partial charge is 0.397 e. The summed E-state index contributed by atoms with van der Waals surface area (Å²) in [6.07, 6.45) is 0. The van der Waals surface area contributed by atoms with Gasteiger partial charge in [0, 0.05) is 9.13 Å². The topological polar surface area (TPSA) is 46.2 Å². The summed E-state index contributed by atoms with van der Waals surface area (Å²) in [7, 11) is 0. The molecule has 0 aromatic heterocycles. The number of halogens is 2. The summed E-state index contributed by atoms with van der Waals surface area (Å²) in [6.45, 7) is -0.0671. The van der Waals surface area contributed by atoms with E-state index in [-0.39, 0.29) is 6.61 Å². The number of nitrogens with two attached hydrogens (primary N) is 1. The van der Waals surface area contributed by atoms with Crippen molar-refractivity contribution in [2.75, 3.05) is 5.73 Å². The number of rotatable bonds is 1. The Bertz CT molecular complexity index is 277. The molecule has 60 valence electrons. The first kappa shape index (κ1) is 9.09. The van der Waals surface area contributed by atoms with Crippen molar-refractivity contribution in [3.63, 3.8) is 0 Å². The first-order valence-electron chi connectivity index (χ1n) is 2.99. The molecule has 3 N–H and O–H groups in total. The van der Waals surface area contributed by atoms with Gasteiger partial charge in [0.25, 0.3) is 0 Å². The van der Waals surface area contributed by atoms with E-state index in [1.165, 1.54) is 0 Å². The van der Waals surface area contributed by atoms with Crippen LogP contribution in [0.3, 0.4) is 0 Å². The number of anilines is 1. The second-order valence-corrected chi connectivity index (χ2v) is 3.77. The molecule has 0 aliphatic heterocycles. The standard InChI is InChI=1S/C7H7ClINO/c8-6-2-5(9)1-4(3-11)7(6)10/h1-2,11H,3,10H2. The number of hydrogen-bond donors (Lipinski definition) is 2. The number of benzene rings is 1. The minimum Gasteiger partial charge on any atom is -0.397 e. The SMILES string of the molecule is Nc1c(Cl)cc(I)cc1CO. The van der Waals surface area contributed by atoms with E-state index in [1.807, 2.05) is 6.07 Å². The molecule has 0 bridgehead atoms. The molecule has 0 aliphatic rings. The van der Waals surface area contributed by atoms with Crippen LogP contribution in [0.5, 0.6) is 0 Å². The third-order valence-electron chi connectivity index (χ3n) is 1.35. The van der Waals surface area contributed by atoms with E-state index >= 15 is 0 Å². The highest BCUT2D eigenvalue weighted by molar-refractivity contribution is 14.1. The van der Waals surface area contributed by atoms with Crippen molar-refractivity contribution in [2.45, 2.75) is 6.61 Å². The maximum absolute atomic E-state index is 8.83. The van der Waals surface area contributed by atoms with E-state index in [4.69, 9.17) is 22.4 Å². The Kier molecular flexibility index (Phi) is 2.98. The van der Waals surface area contributed by atoms with Crippen LogP contribution in [-0.4, -0.2) is 5.11 Å². The molecule has 0 unspecified atom stereocenters. The van der Waals surface area contributed by atoms with Crippen molar-refractivity contribution in [3.8, 4) is 0 Å². The smallest absolute Gasteiger partial charge is 0.0702 e. The lowest BCUT2D eigenvalue weighted by atomic mass is 10.2. The third-order valence-corrected chi connectivity index (χ3v) is 2.29. The van der Waals surface area contributed by atoms with Gasteiger partial charge in [-0.15, -0.1) is 0 Å². The predicted octanol–water partition coefficient (Wildman–Crippen LogP) is 2.02. The van der Waals surface area contributed by atoms with Gasteiger partial charge in [0.2, 0.25) is 0 Å². The highest BCUT2D eigenvalue weighted by atomic mass is 127. The predicted molar refractivity (Wildman–Crippen MR) is 54.5 cm³/mol. The van der Waals surface area contributed by atoms with Gasteiger partial charge in [-0.25, -0.2) is 0 Å². The fourth-order valence-corrected chi connectivity index (χ4v) is 1.88. The van der Waals surface area contributed by atoms with Crippen molar-refractivity contribution in [3.05, 3.63) is 26.3 Å². The van der Waals surface area contributed by atoms with E-state index in [2.05, 4.69) is 22.6 Å². The number of aliphatic hydroxyl groups excluding tert-OH is 1. The molecule has 0 heterocycles. The first-order valence-corrected chi connectivity index (χ1v) is 4.45. The van der Waals surface area contributed by atoms with E-state index in [9.17, 15) is 0 Å². The summed E-state index contributed by atoms with van der Waals surface area (Å²) in [5, 5.41) is 9.33. The van der Waals surface area contributed by atoms with Gasteiger partial charge in [-0.3, -0.25) is 0 Å². The second kappa shape index (κ2) is 3.60. The van der Waals surface area contributed by atoms with Crippen molar-refractivity contribution in [1.82, 2.24) is 0 Å². The van der Waals surface area contributed by atoms with Crippen LogP contribution in [0.15, 0.2) is 12.1 Å². The lowest BCUT2D eigenvalue weighted by Crippen LogP contribution is -1.95. The van der Waals surface area contributed by atoms with E-state index < -0.39 is 0 Å². The van der Waals surface area contributed by atoms with Crippen LogP contribution in [0.2, 0.25) is 5.02 Å². The number of hydrogen-bond acceptors (Lipinski definition) is 2. The Morgan fingerprint density at radius 2 is 2.18 bits per heavy atom. The molecule has 1 rings (SSSR count). The van der Waals surface area contributed by atoms with Crippen LogP contribution >= 0.6 is 34.2 Å². The zero-order chi connectivity index (χ0) is 8.43. The molecule has 2 nitrogen and oxygen atoms in total. The van der Waals surface area contributed by atoms with Crippen LogP contribution in [0, 0.1) is 3.57 Å². The highest BCUT2D eigenvalue weighted by Crippen LogP contribution is 2.25. The molecule has 0 aliphatic carbocycles. The quantitative estimate of drug-likeness (QED) is 0.612. The highest BCUT2D eigenvalue weighted by Gasteiger charge is 2.03. The van der Waals surface area contributed by atoms with Gasteiger partial charge >= 0.3 is 0 Å². The minimum absolute atomic E-state index is 0.0671. The van der Waals surface area contributed by atoms with Gasteiger partial charge in [-0.05, 0) is 34.7 Å². The van der Waals surface area contributed by atoms with Crippen molar-refractivity contribution < 1.29 is 5.11 Å².